The average molecular weight is 819 g/mol. The number of amides is 2. The van der Waals surface area contributed by atoms with Gasteiger partial charge in [0.15, 0.2) is 0 Å². The van der Waals surface area contributed by atoms with Crippen LogP contribution in [0.15, 0.2) is 0 Å². The summed E-state index contributed by atoms with van der Waals surface area (Å²) in [4.78, 5) is 32.1. The van der Waals surface area contributed by atoms with Gasteiger partial charge in [0, 0.05) is 26.2 Å². The number of likely N-dealkylation sites (tertiary alicyclic amines) is 1. The Hall–Kier alpha value is -2.29. The van der Waals surface area contributed by atoms with E-state index in [1.165, 1.54) is 4.90 Å². The number of aliphatic hydroxyl groups is 10. The van der Waals surface area contributed by atoms with E-state index in [4.69, 9.17) is 24.4 Å². The number of aliphatic hydroxyl groups excluding tert-OH is 10. The van der Waals surface area contributed by atoms with Gasteiger partial charge in [0.25, 0.3) is 0 Å². The van der Waals surface area contributed by atoms with Gasteiger partial charge in [-0.3, -0.25) is 14.6 Å². The zero-order valence-electron chi connectivity index (χ0n) is 33.4. The highest BCUT2D eigenvalue weighted by atomic mass is 16.6. The Balaban J connectivity index is 1.39. The first kappa shape index (κ1) is 47.4. The molecule has 5 fully saturated rings. The van der Waals surface area contributed by atoms with Crippen LogP contribution in [0, 0.1) is 23.2 Å². The summed E-state index contributed by atoms with van der Waals surface area (Å²) in [6.45, 7) is 3.29. The van der Waals surface area contributed by atoms with Crippen LogP contribution in [0.1, 0.15) is 72.1 Å². The number of nitriles is 1. The summed E-state index contributed by atoms with van der Waals surface area (Å²) >= 11 is 0. The summed E-state index contributed by atoms with van der Waals surface area (Å²) in [5, 5.41) is 109. The second-order valence-electron chi connectivity index (χ2n) is 17.6. The zero-order valence-corrected chi connectivity index (χ0v) is 33.4. The molecule has 1 heterocycles. The van der Waals surface area contributed by atoms with Gasteiger partial charge in [-0.1, -0.05) is 0 Å². The van der Waals surface area contributed by atoms with Crippen LogP contribution in [-0.2, 0) is 19.0 Å². The fourth-order valence-corrected chi connectivity index (χ4v) is 9.53. The molecule has 4 saturated carbocycles. The van der Waals surface area contributed by atoms with Gasteiger partial charge in [-0.25, -0.2) is 4.79 Å². The van der Waals surface area contributed by atoms with Crippen LogP contribution in [0.5, 0.6) is 0 Å². The Morgan fingerprint density at radius 1 is 0.825 bits per heavy atom. The molecule has 3 unspecified atom stereocenters. The van der Waals surface area contributed by atoms with E-state index in [9.17, 15) is 55.7 Å². The molecular weight excluding hydrogens is 752 g/mol. The molecule has 328 valence electrons. The normalized spacial score (nSPS) is 30.0. The topological polar surface area (TPSA) is 298 Å². The molecular formula is C38H66N4O15. The lowest BCUT2D eigenvalue weighted by Gasteiger charge is -2.64. The minimum atomic E-state index is -1.91. The van der Waals surface area contributed by atoms with Crippen molar-refractivity contribution >= 4 is 12.0 Å². The number of hydrogen-bond donors (Lipinski definition) is 10. The smallest absolute Gasteiger partial charge is 0.411 e. The molecule has 5 aliphatic rings. The van der Waals surface area contributed by atoms with E-state index >= 15 is 0 Å². The fourth-order valence-electron chi connectivity index (χ4n) is 9.53. The third kappa shape index (κ3) is 12.2. The van der Waals surface area contributed by atoms with E-state index in [0.29, 0.717) is 32.2 Å². The van der Waals surface area contributed by atoms with Crippen molar-refractivity contribution in [3.63, 3.8) is 0 Å². The van der Waals surface area contributed by atoms with E-state index in [1.807, 2.05) is 0 Å². The van der Waals surface area contributed by atoms with Gasteiger partial charge in [0.1, 0.15) is 54.8 Å². The molecule has 10 N–H and O–H groups in total. The largest absolute Gasteiger partial charge is 0.444 e. The van der Waals surface area contributed by atoms with Crippen LogP contribution in [0.4, 0.5) is 4.79 Å². The minimum Gasteiger partial charge on any atom is -0.444 e. The number of ether oxygens (including phenoxy) is 3. The van der Waals surface area contributed by atoms with Crippen LogP contribution in [0.25, 0.3) is 0 Å². The molecule has 0 aromatic heterocycles. The van der Waals surface area contributed by atoms with Crippen molar-refractivity contribution in [2.45, 2.75) is 144 Å². The van der Waals surface area contributed by atoms with E-state index in [1.54, 1.807) is 30.6 Å². The van der Waals surface area contributed by atoms with Crippen LogP contribution >= 0.6 is 0 Å². The highest BCUT2D eigenvalue weighted by Gasteiger charge is 2.62. The molecule has 19 nitrogen and oxygen atoms in total. The molecule has 0 radical (unpaired) electrons. The van der Waals surface area contributed by atoms with Crippen molar-refractivity contribution in [3.05, 3.63) is 0 Å². The van der Waals surface area contributed by atoms with Crippen LogP contribution in [0.2, 0.25) is 0 Å². The van der Waals surface area contributed by atoms with Gasteiger partial charge >= 0.3 is 6.09 Å². The minimum absolute atomic E-state index is 0.00442. The molecule has 0 aromatic carbocycles. The van der Waals surface area contributed by atoms with Crippen molar-refractivity contribution in [1.82, 2.24) is 14.7 Å². The molecule has 19 heteroatoms. The van der Waals surface area contributed by atoms with Gasteiger partial charge in [-0.05, 0) is 84.0 Å². The standard InChI is InChI=1S/C38H66N4O15/c1-36(2,3)57-35(54)42(19-30(49)41-6-4-5-25(41)16-39)37-12-23-11-24(13-37)15-38(14-23,22-37)56-10-9-55-8-7-40(17-26(45)31(50)33(52)28(47)20-43)18-27(46)32(51)34(53)29(48)21-44/h23-29,31-34,43-48,50-53H,4-15,17-22H2,1-3H3/t23-,24?,25-,26-,27-,28+,29+,31+,32+,33+,34+,37?,38?/m0/s1. The van der Waals surface area contributed by atoms with Crippen LogP contribution < -0.4 is 0 Å². The lowest BCUT2D eigenvalue weighted by atomic mass is 9.50. The summed E-state index contributed by atoms with van der Waals surface area (Å²) in [5.41, 5.74) is -2.05. The van der Waals surface area contributed by atoms with Gasteiger partial charge in [-0.15, -0.1) is 0 Å². The highest BCUT2D eigenvalue weighted by molar-refractivity contribution is 5.83. The number of carbonyl (C=O) groups excluding carboxylic acids is 2. The lowest BCUT2D eigenvalue weighted by molar-refractivity contribution is -0.202. The first-order valence-corrected chi connectivity index (χ1v) is 20.1. The van der Waals surface area contributed by atoms with Gasteiger partial charge in [0.2, 0.25) is 5.91 Å². The second kappa shape index (κ2) is 20.3. The van der Waals surface area contributed by atoms with Gasteiger partial charge in [-0.2, -0.15) is 5.26 Å². The SMILES string of the molecule is CC(C)(C)OC(=O)N(CC(=O)N1CCC[C@H]1C#N)C12CC3C[C@H](CC(OCCOCCN(C[C@H](O)[C@@H](O)[C@H](O)[C@H](O)CO)C[C@H](O)[C@@H](O)[C@H](O)[C@H](O)CO)(C3)C1)C2. The van der Waals surface area contributed by atoms with Crippen molar-refractivity contribution in [2.75, 3.05) is 65.8 Å². The van der Waals surface area contributed by atoms with Gasteiger partial charge < -0.3 is 70.2 Å². The average Bonchev–Trinajstić information content (AvgIpc) is 3.64. The number of hydrogen-bond acceptors (Lipinski definition) is 17. The molecule has 1 saturated heterocycles. The van der Waals surface area contributed by atoms with Crippen molar-refractivity contribution in [2.24, 2.45) is 11.8 Å². The molecule has 5 rings (SSSR count). The molecule has 2 amide bonds. The van der Waals surface area contributed by atoms with Crippen molar-refractivity contribution in [3.8, 4) is 6.07 Å². The van der Waals surface area contributed by atoms with Gasteiger partial charge in [0.05, 0.1) is 62.5 Å². The quantitative estimate of drug-likeness (QED) is 0.0488. The highest BCUT2D eigenvalue weighted by Crippen LogP contribution is 2.61. The Bertz CT molecular complexity index is 1300. The van der Waals surface area contributed by atoms with Crippen molar-refractivity contribution < 1.29 is 74.9 Å². The maximum Gasteiger partial charge on any atom is 0.411 e. The summed E-state index contributed by atoms with van der Waals surface area (Å²) in [7, 11) is 0. The second-order valence-corrected chi connectivity index (χ2v) is 17.6. The predicted molar refractivity (Wildman–Crippen MR) is 199 cm³/mol. The Labute approximate surface area is 333 Å². The summed E-state index contributed by atoms with van der Waals surface area (Å²) in [5.74, 6) is 0.244. The molecule has 0 spiro atoms. The Morgan fingerprint density at radius 2 is 1.37 bits per heavy atom. The molecule has 57 heavy (non-hydrogen) atoms. The number of carbonyl (C=O) groups is 2. The monoisotopic (exact) mass is 818 g/mol. The Morgan fingerprint density at radius 3 is 1.88 bits per heavy atom. The number of rotatable bonds is 22. The van der Waals surface area contributed by atoms with E-state index in [-0.39, 0.29) is 50.7 Å². The first-order valence-electron chi connectivity index (χ1n) is 20.1. The zero-order chi connectivity index (χ0) is 42.3. The maximum absolute atomic E-state index is 13.9. The third-order valence-electron chi connectivity index (χ3n) is 11.9. The van der Waals surface area contributed by atoms with E-state index < -0.39 is 104 Å². The maximum atomic E-state index is 13.9. The molecule has 0 aromatic rings. The third-order valence-corrected chi connectivity index (χ3v) is 11.9. The van der Waals surface area contributed by atoms with E-state index in [0.717, 1.165) is 25.7 Å². The Kier molecular flexibility index (Phi) is 16.9. The van der Waals surface area contributed by atoms with Crippen molar-refractivity contribution in [1.29, 1.82) is 5.26 Å². The lowest BCUT2D eigenvalue weighted by Crippen LogP contribution is -2.68. The first-order chi connectivity index (χ1) is 26.8. The molecule has 4 aliphatic carbocycles. The van der Waals surface area contributed by atoms with Crippen LogP contribution in [0.3, 0.4) is 0 Å². The fraction of sp³-hybridized carbons (Fsp3) is 0.921. The number of nitrogens with zero attached hydrogens (tertiary/aromatic N) is 4. The van der Waals surface area contributed by atoms with E-state index in [2.05, 4.69) is 6.07 Å². The summed E-state index contributed by atoms with van der Waals surface area (Å²) in [6.07, 6.45) is -9.28. The molecule has 13 atom stereocenters. The summed E-state index contributed by atoms with van der Waals surface area (Å²) in [6, 6.07) is 1.68. The predicted octanol–water partition coefficient (Wildman–Crippen LogP) is -2.96. The van der Waals surface area contributed by atoms with Crippen LogP contribution in [-0.4, -0.2) is 215 Å². The molecule has 1 aliphatic heterocycles. The summed E-state index contributed by atoms with van der Waals surface area (Å²) < 4.78 is 18.3. The molecule has 4 bridgehead atoms.